The summed E-state index contributed by atoms with van der Waals surface area (Å²) in [6.45, 7) is 2.25. The molecule has 1 aliphatic heterocycles. The van der Waals surface area contributed by atoms with Crippen molar-refractivity contribution in [2.24, 2.45) is 0 Å². The number of aryl methyl sites for hydroxylation is 1. The first-order valence-electron chi connectivity index (χ1n) is 10.5. The lowest BCUT2D eigenvalue weighted by atomic mass is 10.1. The summed E-state index contributed by atoms with van der Waals surface area (Å²) in [4.78, 5) is 26.7. The largest absolute Gasteiger partial charge is 0.493 e. The molecule has 4 rings (SSSR count). The maximum absolute atomic E-state index is 13.3. The van der Waals surface area contributed by atoms with E-state index in [-0.39, 0.29) is 16.5 Å². The van der Waals surface area contributed by atoms with Gasteiger partial charge in [0.25, 0.3) is 11.1 Å². The fourth-order valence-corrected chi connectivity index (χ4v) is 4.87. The van der Waals surface area contributed by atoms with Crippen molar-refractivity contribution in [3.63, 3.8) is 0 Å². The lowest BCUT2D eigenvalue weighted by Crippen LogP contribution is -2.27. The van der Waals surface area contributed by atoms with Gasteiger partial charge in [0.15, 0.2) is 11.5 Å². The Bertz CT molecular complexity index is 1340. The van der Waals surface area contributed by atoms with E-state index >= 15 is 0 Å². The molecule has 9 heteroatoms. The molecule has 2 amide bonds. The van der Waals surface area contributed by atoms with Gasteiger partial charge in [0, 0.05) is 5.02 Å². The van der Waals surface area contributed by atoms with Crippen molar-refractivity contribution in [2.45, 2.75) is 20.1 Å². The summed E-state index contributed by atoms with van der Waals surface area (Å²) in [5, 5.41) is 0.00388. The second kappa shape index (κ2) is 10.7. The van der Waals surface area contributed by atoms with E-state index in [1.165, 1.54) is 19.2 Å². The molecule has 3 aromatic rings. The number of methoxy groups -OCH3 is 1. The first kappa shape index (κ1) is 25.1. The van der Waals surface area contributed by atoms with Gasteiger partial charge in [-0.1, -0.05) is 59.1 Å². The topological polar surface area (TPSA) is 55.8 Å². The van der Waals surface area contributed by atoms with E-state index < -0.39 is 17.0 Å². The van der Waals surface area contributed by atoms with Gasteiger partial charge in [-0.2, -0.15) is 0 Å². The van der Waals surface area contributed by atoms with Crippen molar-refractivity contribution in [1.29, 1.82) is 0 Å². The van der Waals surface area contributed by atoms with Crippen molar-refractivity contribution in [1.82, 2.24) is 4.90 Å². The Balaban J connectivity index is 1.54. The average molecular weight is 532 g/mol. The van der Waals surface area contributed by atoms with Crippen molar-refractivity contribution in [3.05, 3.63) is 97.6 Å². The van der Waals surface area contributed by atoms with Crippen molar-refractivity contribution < 1.29 is 23.5 Å². The van der Waals surface area contributed by atoms with Crippen molar-refractivity contribution in [2.75, 3.05) is 7.11 Å². The molecule has 180 valence electrons. The van der Waals surface area contributed by atoms with E-state index in [0.29, 0.717) is 34.3 Å². The minimum Gasteiger partial charge on any atom is -0.493 e. The molecule has 0 aliphatic carbocycles. The van der Waals surface area contributed by atoms with Crippen LogP contribution in [0.4, 0.5) is 9.18 Å². The van der Waals surface area contributed by atoms with Crippen LogP contribution >= 0.6 is 35.0 Å². The summed E-state index contributed by atoms with van der Waals surface area (Å²) < 4.78 is 24.7. The van der Waals surface area contributed by atoms with Crippen LogP contribution in [0.15, 0.2) is 59.5 Å². The van der Waals surface area contributed by atoms with Crippen LogP contribution in [0.2, 0.25) is 10.0 Å². The molecule has 0 saturated carbocycles. The van der Waals surface area contributed by atoms with Gasteiger partial charge in [-0.05, 0) is 65.7 Å². The third-order valence-corrected chi connectivity index (χ3v) is 6.77. The van der Waals surface area contributed by atoms with Crippen LogP contribution in [0.3, 0.4) is 0 Å². The SMILES string of the molecule is COc1cc(/C=C2\SC(=O)N(Cc3ccc(F)cc3Cl)C2=O)cc(Cl)c1OCc1cccc(C)c1. The number of rotatable bonds is 7. The molecule has 0 N–H and O–H groups in total. The molecule has 0 radical (unpaired) electrons. The van der Waals surface area contributed by atoms with Crippen molar-refractivity contribution in [3.8, 4) is 11.5 Å². The number of thioether (sulfide) groups is 1. The minimum atomic E-state index is -0.495. The van der Waals surface area contributed by atoms with Crippen LogP contribution in [0.5, 0.6) is 11.5 Å². The smallest absolute Gasteiger partial charge is 0.293 e. The van der Waals surface area contributed by atoms with Crippen LogP contribution in [0.1, 0.15) is 22.3 Å². The number of hydrogen-bond donors (Lipinski definition) is 0. The average Bonchev–Trinajstić information content (AvgIpc) is 3.07. The molecule has 0 bridgehead atoms. The Morgan fingerprint density at radius 3 is 2.57 bits per heavy atom. The van der Waals surface area contributed by atoms with Crippen LogP contribution in [0.25, 0.3) is 6.08 Å². The third-order valence-electron chi connectivity index (χ3n) is 5.23. The predicted octanol–water partition coefficient (Wildman–Crippen LogP) is 7.27. The zero-order valence-corrected chi connectivity index (χ0v) is 21.1. The van der Waals surface area contributed by atoms with E-state index in [4.69, 9.17) is 32.7 Å². The number of benzene rings is 3. The third kappa shape index (κ3) is 5.81. The molecule has 1 aliphatic rings. The summed E-state index contributed by atoms with van der Waals surface area (Å²) >= 11 is 13.3. The van der Waals surface area contributed by atoms with E-state index in [2.05, 4.69) is 0 Å². The number of carbonyl (C=O) groups is 2. The van der Waals surface area contributed by atoms with Gasteiger partial charge in [-0.15, -0.1) is 0 Å². The highest BCUT2D eigenvalue weighted by Gasteiger charge is 2.35. The molecule has 1 heterocycles. The quantitative estimate of drug-likeness (QED) is 0.300. The van der Waals surface area contributed by atoms with Crippen LogP contribution in [-0.4, -0.2) is 23.2 Å². The molecule has 5 nitrogen and oxygen atoms in total. The number of hydrogen-bond acceptors (Lipinski definition) is 5. The van der Waals surface area contributed by atoms with E-state index in [1.807, 2.05) is 31.2 Å². The fraction of sp³-hybridized carbons (Fsp3) is 0.154. The monoisotopic (exact) mass is 531 g/mol. The molecular weight excluding hydrogens is 512 g/mol. The van der Waals surface area contributed by atoms with E-state index in [0.717, 1.165) is 33.9 Å². The summed E-state index contributed by atoms with van der Waals surface area (Å²) in [7, 11) is 1.50. The molecular formula is C26H20Cl2FNO4S. The van der Waals surface area contributed by atoms with Crippen LogP contribution in [-0.2, 0) is 17.9 Å². The predicted molar refractivity (Wildman–Crippen MR) is 136 cm³/mol. The number of amides is 2. The van der Waals surface area contributed by atoms with Gasteiger partial charge in [0.1, 0.15) is 12.4 Å². The second-order valence-electron chi connectivity index (χ2n) is 7.82. The molecule has 0 spiro atoms. The number of halogens is 3. The standard InChI is InChI=1S/C26H20Cl2FNO4S/c1-15-4-3-5-16(8-15)14-34-24-21(28)9-17(10-22(24)33-2)11-23-25(31)30(26(32)35-23)13-18-6-7-19(29)12-20(18)27/h3-12H,13-14H2,1-2H3/b23-11-. The maximum Gasteiger partial charge on any atom is 0.293 e. The van der Waals surface area contributed by atoms with Gasteiger partial charge in [0.2, 0.25) is 0 Å². The lowest BCUT2D eigenvalue weighted by Gasteiger charge is -2.14. The van der Waals surface area contributed by atoms with Gasteiger partial charge < -0.3 is 9.47 Å². The van der Waals surface area contributed by atoms with E-state index in [1.54, 1.807) is 18.2 Å². The van der Waals surface area contributed by atoms with Crippen molar-refractivity contribution >= 4 is 52.2 Å². The molecule has 35 heavy (non-hydrogen) atoms. The molecule has 1 fully saturated rings. The number of imide groups is 1. The first-order chi connectivity index (χ1) is 16.7. The van der Waals surface area contributed by atoms with Gasteiger partial charge in [-0.3, -0.25) is 14.5 Å². The van der Waals surface area contributed by atoms with E-state index in [9.17, 15) is 14.0 Å². The Labute approximate surface area is 216 Å². The number of ether oxygens (including phenoxy) is 2. The zero-order chi connectivity index (χ0) is 25.1. The lowest BCUT2D eigenvalue weighted by molar-refractivity contribution is -0.123. The Kier molecular flexibility index (Phi) is 7.69. The molecule has 0 aromatic heterocycles. The Hall–Kier alpha value is -3.00. The summed E-state index contributed by atoms with van der Waals surface area (Å²) in [6, 6.07) is 15.1. The summed E-state index contributed by atoms with van der Waals surface area (Å²) in [5.74, 6) is -0.194. The zero-order valence-electron chi connectivity index (χ0n) is 18.8. The first-order valence-corrected chi connectivity index (χ1v) is 12.1. The van der Waals surface area contributed by atoms with Gasteiger partial charge >= 0.3 is 0 Å². The van der Waals surface area contributed by atoms with Crippen LogP contribution in [0, 0.1) is 12.7 Å². The fourth-order valence-electron chi connectivity index (χ4n) is 3.53. The second-order valence-corrected chi connectivity index (χ2v) is 9.62. The highest BCUT2D eigenvalue weighted by Crippen LogP contribution is 2.39. The Morgan fingerprint density at radius 1 is 1.06 bits per heavy atom. The molecule has 0 unspecified atom stereocenters. The van der Waals surface area contributed by atoms with Crippen LogP contribution < -0.4 is 9.47 Å². The minimum absolute atomic E-state index is 0.0586. The molecule has 0 atom stereocenters. The number of carbonyl (C=O) groups excluding carboxylic acids is 2. The van der Waals surface area contributed by atoms with Gasteiger partial charge in [-0.25, -0.2) is 4.39 Å². The highest BCUT2D eigenvalue weighted by molar-refractivity contribution is 8.18. The normalized spacial score (nSPS) is 14.7. The summed E-state index contributed by atoms with van der Waals surface area (Å²) in [6.07, 6.45) is 1.57. The Morgan fingerprint density at radius 2 is 1.86 bits per heavy atom. The maximum atomic E-state index is 13.3. The number of nitrogens with zero attached hydrogens (tertiary/aromatic N) is 1. The highest BCUT2D eigenvalue weighted by atomic mass is 35.5. The summed E-state index contributed by atoms with van der Waals surface area (Å²) in [5.41, 5.74) is 3.15. The van der Waals surface area contributed by atoms with Gasteiger partial charge in [0.05, 0.1) is 23.6 Å². The molecule has 3 aromatic carbocycles. The molecule has 1 saturated heterocycles.